The van der Waals surface area contributed by atoms with Crippen molar-refractivity contribution in [1.82, 2.24) is 0 Å². The second kappa shape index (κ2) is 3.51. The third-order valence-corrected chi connectivity index (χ3v) is 2.35. The van der Waals surface area contributed by atoms with E-state index < -0.39 is 0 Å². The minimum absolute atomic E-state index is 0.0350. The molecule has 2 N–H and O–H groups in total. The number of hydrogen-bond donors (Lipinski definition) is 1. The van der Waals surface area contributed by atoms with Gasteiger partial charge in [-0.3, -0.25) is 4.79 Å². The van der Waals surface area contributed by atoms with Crippen molar-refractivity contribution in [2.75, 3.05) is 0 Å². The monoisotopic (exact) mass is 203 g/mol. The van der Waals surface area contributed by atoms with Gasteiger partial charge < -0.3 is 10.2 Å². The summed E-state index contributed by atoms with van der Waals surface area (Å²) in [6.45, 7) is 3.73. The molecule has 78 valence electrons. The first-order valence-corrected chi connectivity index (χ1v) is 4.88. The molecule has 2 rings (SSSR count). The summed E-state index contributed by atoms with van der Waals surface area (Å²) < 4.78 is 5.53. The quantitative estimate of drug-likeness (QED) is 0.772. The number of fused-ring (bicyclic) bond motifs is 1. The molecule has 0 bridgehead atoms. The summed E-state index contributed by atoms with van der Waals surface area (Å²) in [5.41, 5.74) is 7.28. The summed E-state index contributed by atoms with van der Waals surface area (Å²) in [6, 6.07) is 6.75. The molecule has 0 fully saturated rings. The zero-order valence-electron chi connectivity index (χ0n) is 8.78. The molecule has 0 spiro atoms. The summed E-state index contributed by atoms with van der Waals surface area (Å²) in [5.74, 6) is 0.524. The predicted molar refractivity (Wildman–Crippen MR) is 59.8 cm³/mol. The summed E-state index contributed by atoms with van der Waals surface area (Å²) in [7, 11) is 0. The van der Waals surface area contributed by atoms with Crippen LogP contribution in [0, 0.1) is 6.92 Å². The summed E-state index contributed by atoms with van der Waals surface area (Å²) in [4.78, 5) is 11.7. The molecule has 15 heavy (non-hydrogen) atoms. The van der Waals surface area contributed by atoms with Crippen molar-refractivity contribution in [1.29, 1.82) is 0 Å². The van der Waals surface area contributed by atoms with E-state index in [0.717, 1.165) is 5.56 Å². The fourth-order valence-corrected chi connectivity index (χ4v) is 1.51. The number of benzene rings is 1. The van der Waals surface area contributed by atoms with E-state index in [4.69, 9.17) is 10.2 Å². The molecule has 0 aliphatic rings. The van der Waals surface area contributed by atoms with Gasteiger partial charge in [0.25, 0.3) is 0 Å². The van der Waals surface area contributed by atoms with Crippen LogP contribution in [0.4, 0.5) is 0 Å². The molecule has 1 heterocycles. The SMILES string of the molecule is Cc1ccc2oc(C(C)N)cc(=O)c2c1. The highest BCUT2D eigenvalue weighted by atomic mass is 16.3. The standard InChI is InChI=1S/C12H13NO2/c1-7-3-4-11-9(5-7)10(14)6-12(15-11)8(2)13/h3-6,8H,13H2,1-2H3. The lowest BCUT2D eigenvalue weighted by atomic mass is 10.1. The van der Waals surface area contributed by atoms with Crippen LogP contribution in [0.5, 0.6) is 0 Å². The van der Waals surface area contributed by atoms with Crippen molar-refractivity contribution in [2.45, 2.75) is 19.9 Å². The minimum atomic E-state index is -0.261. The lowest BCUT2D eigenvalue weighted by Gasteiger charge is -2.05. The smallest absolute Gasteiger partial charge is 0.193 e. The van der Waals surface area contributed by atoms with Crippen LogP contribution >= 0.6 is 0 Å². The molecule has 0 aliphatic heterocycles. The lowest BCUT2D eigenvalue weighted by Crippen LogP contribution is -2.10. The van der Waals surface area contributed by atoms with Crippen LogP contribution in [0.15, 0.2) is 33.5 Å². The summed E-state index contributed by atoms with van der Waals surface area (Å²) in [6.07, 6.45) is 0. The topological polar surface area (TPSA) is 56.2 Å². The van der Waals surface area contributed by atoms with E-state index in [2.05, 4.69) is 0 Å². The molecular formula is C12H13NO2. The Bertz CT molecular complexity index is 555. The minimum Gasteiger partial charge on any atom is -0.459 e. The number of hydrogen-bond acceptors (Lipinski definition) is 3. The Hall–Kier alpha value is -1.61. The van der Waals surface area contributed by atoms with E-state index in [9.17, 15) is 4.79 Å². The maximum atomic E-state index is 11.7. The normalized spacial score (nSPS) is 13.0. The Morgan fingerprint density at radius 2 is 2.07 bits per heavy atom. The van der Waals surface area contributed by atoms with Crippen molar-refractivity contribution < 1.29 is 4.42 Å². The van der Waals surface area contributed by atoms with Crippen LogP contribution in [0.25, 0.3) is 11.0 Å². The van der Waals surface area contributed by atoms with Gasteiger partial charge in [0.05, 0.1) is 11.4 Å². The van der Waals surface area contributed by atoms with Gasteiger partial charge in [-0.2, -0.15) is 0 Å². The maximum absolute atomic E-state index is 11.7. The van der Waals surface area contributed by atoms with Gasteiger partial charge in [-0.15, -0.1) is 0 Å². The molecule has 1 aromatic carbocycles. The van der Waals surface area contributed by atoms with E-state index in [1.807, 2.05) is 19.1 Å². The van der Waals surface area contributed by atoms with Crippen LogP contribution in [0.1, 0.15) is 24.3 Å². The van der Waals surface area contributed by atoms with Gasteiger partial charge >= 0.3 is 0 Å². The van der Waals surface area contributed by atoms with E-state index in [1.165, 1.54) is 6.07 Å². The van der Waals surface area contributed by atoms with Crippen LogP contribution in [-0.4, -0.2) is 0 Å². The lowest BCUT2D eigenvalue weighted by molar-refractivity contribution is 0.501. The first-order valence-electron chi connectivity index (χ1n) is 4.88. The predicted octanol–water partition coefficient (Wildman–Crippen LogP) is 2.12. The largest absolute Gasteiger partial charge is 0.459 e. The van der Waals surface area contributed by atoms with Gasteiger partial charge in [0, 0.05) is 6.07 Å². The highest BCUT2D eigenvalue weighted by Gasteiger charge is 2.07. The van der Waals surface area contributed by atoms with Crippen LogP contribution in [0.3, 0.4) is 0 Å². The molecule has 1 atom stereocenters. The highest BCUT2D eigenvalue weighted by molar-refractivity contribution is 5.77. The maximum Gasteiger partial charge on any atom is 0.193 e. The van der Waals surface area contributed by atoms with Crippen LogP contribution < -0.4 is 11.2 Å². The molecule has 0 aliphatic carbocycles. The molecule has 0 saturated carbocycles. The van der Waals surface area contributed by atoms with Gasteiger partial charge in [-0.1, -0.05) is 11.6 Å². The third-order valence-electron chi connectivity index (χ3n) is 2.35. The molecule has 3 nitrogen and oxygen atoms in total. The van der Waals surface area contributed by atoms with Gasteiger partial charge in [-0.25, -0.2) is 0 Å². The molecule has 0 radical (unpaired) electrons. The highest BCUT2D eigenvalue weighted by Crippen LogP contribution is 2.16. The number of rotatable bonds is 1. The molecule has 0 amide bonds. The van der Waals surface area contributed by atoms with E-state index in [0.29, 0.717) is 16.7 Å². The third kappa shape index (κ3) is 1.78. The second-order valence-corrected chi connectivity index (χ2v) is 3.80. The van der Waals surface area contributed by atoms with Crippen molar-refractivity contribution in [2.24, 2.45) is 5.73 Å². The fraction of sp³-hybridized carbons (Fsp3) is 0.250. The Labute approximate surface area is 87.5 Å². The van der Waals surface area contributed by atoms with E-state index >= 15 is 0 Å². The average Bonchev–Trinajstić information content (AvgIpc) is 2.18. The van der Waals surface area contributed by atoms with Crippen molar-refractivity contribution in [3.63, 3.8) is 0 Å². The molecule has 1 unspecified atom stereocenters. The Morgan fingerprint density at radius 1 is 1.33 bits per heavy atom. The second-order valence-electron chi connectivity index (χ2n) is 3.80. The first-order chi connectivity index (χ1) is 7.08. The zero-order chi connectivity index (χ0) is 11.0. The molecule has 2 aromatic rings. The Morgan fingerprint density at radius 3 is 2.73 bits per heavy atom. The Kier molecular flexibility index (Phi) is 2.32. The fourth-order valence-electron chi connectivity index (χ4n) is 1.51. The van der Waals surface area contributed by atoms with Crippen molar-refractivity contribution >= 4 is 11.0 Å². The van der Waals surface area contributed by atoms with Gasteiger partial charge in [0.15, 0.2) is 5.43 Å². The molecule has 0 saturated heterocycles. The van der Waals surface area contributed by atoms with Crippen LogP contribution in [0.2, 0.25) is 0 Å². The first kappa shape index (κ1) is 9.93. The van der Waals surface area contributed by atoms with Gasteiger partial charge in [0.2, 0.25) is 0 Å². The van der Waals surface area contributed by atoms with Crippen molar-refractivity contribution in [3.8, 4) is 0 Å². The molecular weight excluding hydrogens is 190 g/mol. The molecule has 1 aromatic heterocycles. The number of aryl methyl sites for hydroxylation is 1. The molecule has 3 heteroatoms. The van der Waals surface area contributed by atoms with Crippen molar-refractivity contribution in [3.05, 3.63) is 45.8 Å². The van der Waals surface area contributed by atoms with E-state index in [-0.39, 0.29) is 11.5 Å². The zero-order valence-corrected chi connectivity index (χ0v) is 8.78. The summed E-state index contributed by atoms with van der Waals surface area (Å²) in [5, 5.41) is 0.611. The van der Waals surface area contributed by atoms with E-state index in [1.54, 1.807) is 13.0 Å². The average molecular weight is 203 g/mol. The van der Waals surface area contributed by atoms with Crippen LogP contribution in [-0.2, 0) is 0 Å². The van der Waals surface area contributed by atoms with Gasteiger partial charge in [-0.05, 0) is 26.0 Å². The number of nitrogens with two attached hydrogens (primary N) is 1. The Balaban J connectivity index is 2.79. The van der Waals surface area contributed by atoms with Gasteiger partial charge in [0.1, 0.15) is 11.3 Å². The summed E-state index contributed by atoms with van der Waals surface area (Å²) >= 11 is 0.